The molecule has 0 bridgehead atoms. The summed E-state index contributed by atoms with van der Waals surface area (Å²) < 4.78 is 2.06. The highest BCUT2D eigenvalue weighted by atomic mass is 127. The van der Waals surface area contributed by atoms with Crippen LogP contribution in [0.1, 0.15) is 24.2 Å². The molecule has 0 fully saturated rings. The van der Waals surface area contributed by atoms with E-state index in [4.69, 9.17) is 11.6 Å². The van der Waals surface area contributed by atoms with Crippen molar-refractivity contribution in [1.29, 1.82) is 0 Å². The molecule has 1 atom stereocenters. The van der Waals surface area contributed by atoms with Gasteiger partial charge in [-0.3, -0.25) is 4.99 Å². The quantitative estimate of drug-likeness (QED) is 0.395. The Balaban J connectivity index is 0.00000312. The number of aliphatic imine (C=N–C) groups is 1. The van der Waals surface area contributed by atoms with Gasteiger partial charge in [0.1, 0.15) is 0 Å². The van der Waals surface area contributed by atoms with Crippen LogP contribution >= 0.6 is 35.6 Å². The van der Waals surface area contributed by atoms with Gasteiger partial charge < -0.3 is 20.1 Å². The van der Waals surface area contributed by atoms with Crippen LogP contribution < -0.4 is 15.5 Å². The first kappa shape index (κ1) is 21.6. The monoisotopic (exact) mass is 476 g/mol. The molecular weight excluding hydrogens is 451 g/mol. The number of guanidine groups is 1. The van der Waals surface area contributed by atoms with Gasteiger partial charge in [0.25, 0.3) is 0 Å². The maximum atomic E-state index is 5.94. The normalized spacial score (nSPS) is 12.3. The molecule has 0 saturated carbocycles. The summed E-state index contributed by atoms with van der Waals surface area (Å²) >= 11 is 5.94. The number of imidazole rings is 1. The van der Waals surface area contributed by atoms with E-state index < -0.39 is 0 Å². The summed E-state index contributed by atoms with van der Waals surface area (Å²) in [4.78, 5) is 10.7. The van der Waals surface area contributed by atoms with Gasteiger partial charge in [-0.25, -0.2) is 4.98 Å². The molecule has 2 aromatic rings. The van der Waals surface area contributed by atoms with Crippen molar-refractivity contribution in [2.24, 2.45) is 12.0 Å². The number of benzene rings is 1. The molecule has 25 heavy (non-hydrogen) atoms. The van der Waals surface area contributed by atoms with Gasteiger partial charge in [-0.2, -0.15) is 0 Å². The third-order valence-corrected chi connectivity index (χ3v) is 4.10. The fourth-order valence-electron chi connectivity index (χ4n) is 2.42. The highest BCUT2D eigenvalue weighted by Gasteiger charge is 2.10. The average Bonchev–Trinajstić information content (AvgIpc) is 2.93. The van der Waals surface area contributed by atoms with E-state index in [1.807, 2.05) is 56.5 Å². The number of nitrogens with zero attached hydrogens (tertiary/aromatic N) is 4. The molecule has 0 saturated heterocycles. The van der Waals surface area contributed by atoms with Crippen molar-refractivity contribution in [2.75, 3.05) is 26.0 Å². The second-order valence-electron chi connectivity index (χ2n) is 5.85. The fourth-order valence-corrected chi connectivity index (χ4v) is 2.55. The minimum absolute atomic E-state index is 0. The number of halogens is 2. The maximum Gasteiger partial charge on any atom is 0.204 e. The molecule has 1 unspecified atom stereocenters. The highest BCUT2D eigenvalue weighted by Crippen LogP contribution is 2.16. The molecule has 0 amide bonds. The summed E-state index contributed by atoms with van der Waals surface area (Å²) in [5.74, 6) is 1.66. The molecule has 6 nitrogen and oxygen atoms in total. The van der Waals surface area contributed by atoms with Gasteiger partial charge in [-0.1, -0.05) is 23.7 Å². The number of anilines is 1. The van der Waals surface area contributed by atoms with Crippen LogP contribution in [0, 0.1) is 0 Å². The largest absolute Gasteiger partial charge is 0.351 e. The Hall–Kier alpha value is -1.48. The minimum Gasteiger partial charge on any atom is -0.351 e. The van der Waals surface area contributed by atoms with Crippen molar-refractivity contribution in [2.45, 2.75) is 19.5 Å². The van der Waals surface area contributed by atoms with Crippen molar-refractivity contribution in [3.05, 3.63) is 46.7 Å². The van der Waals surface area contributed by atoms with Gasteiger partial charge in [0.15, 0.2) is 5.96 Å². The molecule has 1 heterocycles. The minimum atomic E-state index is 0. The zero-order valence-electron chi connectivity index (χ0n) is 15.2. The second kappa shape index (κ2) is 9.86. The summed E-state index contributed by atoms with van der Waals surface area (Å²) in [6, 6.07) is 7.93. The molecule has 0 aliphatic carbocycles. The van der Waals surface area contributed by atoms with Gasteiger partial charge in [0.2, 0.25) is 5.95 Å². The lowest BCUT2D eigenvalue weighted by Crippen LogP contribution is -2.38. The van der Waals surface area contributed by atoms with Crippen LogP contribution in [0.25, 0.3) is 0 Å². The van der Waals surface area contributed by atoms with E-state index in [9.17, 15) is 0 Å². The van der Waals surface area contributed by atoms with E-state index in [0.29, 0.717) is 6.54 Å². The summed E-state index contributed by atoms with van der Waals surface area (Å²) in [6.07, 6.45) is 1.87. The molecule has 0 aliphatic heterocycles. The summed E-state index contributed by atoms with van der Waals surface area (Å²) in [7, 11) is 7.73. The topological polar surface area (TPSA) is 57.5 Å². The average molecular weight is 477 g/mol. The lowest BCUT2D eigenvalue weighted by Gasteiger charge is -2.19. The van der Waals surface area contributed by atoms with Crippen molar-refractivity contribution in [3.63, 3.8) is 0 Å². The van der Waals surface area contributed by atoms with Gasteiger partial charge in [0, 0.05) is 33.2 Å². The third-order valence-electron chi connectivity index (χ3n) is 3.84. The molecule has 8 heteroatoms. The highest BCUT2D eigenvalue weighted by molar-refractivity contribution is 14.0. The van der Waals surface area contributed by atoms with E-state index in [1.165, 1.54) is 0 Å². The van der Waals surface area contributed by atoms with E-state index >= 15 is 0 Å². The van der Waals surface area contributed by atoms with E-state index in [0.717, 1.165) is 28.2 Å². The van der Waals surface area contributed by atoms with E-state index in [-0.39, 0.29) is 30.0 Å². The SMILES string of the molecule is CN=C(NCc1cnc(N(C)C)n1C)NC(C)c1ccc(Cl)cc1.I. The summed E-state index contributed by atoms with van der Waals surface area (Å²) in [5, 5.41) is 7.44. The van der Waals surface area contributed by atoms with Crippen LogP contribution in [0.2, 0.25) is 5.02 Å². The molecule has 1 aromatic heterocycles. The Morgan fingerprint density at radius 1 is 1.32 bits per heavy atom. The molecule has 138 valence electrons. The Bertz CT molecular complexity index is 696. The van der Waals surface area contributed by atoms with E-state index in [1.54, 1.807) is 7.05 Å². The van der Waals surface area contributed by atoms with Crippen LogP contribution in [0.3, 0.4) is 0 Å². The first-order valence-corrected chi connectivity index (χ1v) is 8.20. The molecule has 0 aliphatic rings. The van der Waals surface area contributed by atoms with Crippen LogP contribution in [-0.4, -0.2) is 36.7 Å². The van der Waals surface area contributed by atoms with Gasteiger partial charge >= 0.3 is 0 Å². The number of rotatable bonds is 5. The summed E-state index contributed by atoms with van der Waals surface area (Å²) in [6.45, 7) is 2.73. The van der Waals surface area contributed by atoms with Crippen LogP contribution in [0.5, 0.6) is 0 Å². The van der Waals surface area contributed by atoms with Crippen LogP contribution in [0.4, 0.5) is 5.95 Å². The number of hydrogen-bond acceptors (Lipinski definition) is 3. The van der Waals surface area contributed by atoms with Crippen molar-refractivity contribution in [1.82, 2.24) is 20.2 Å². The van der Waals surface area contributed by atoms with Gasteiger partial charge in [-0.15, -0.1) is 24.0 Å². The smallest absolute Gasteiger partial charge is 0.204 e. The first-order valence-electron chi connectivity index (χ1n) is 7.83. The van der Waals surface area contributed by atoms with Crippen molar-refractivity contribution in [3.8, 4) is 0 Å². The molecular formula is C17H26ClIN6. The standard InChI is InChI=1S/C17H25ClN6.HI/c1-12(13-6-8-14(18)9-7-13)22-16(19-2)20-10-15-11-21-17(23(3)4)24(15)5;/h6-9,11-12H,10H2,1-5H3,(H2,19,20,22);1H. The molecule has 0 radical (unpaired) electrons. The molecule has 1 aromatic carbocycles. The first-order chi connectivity index (χ1) is 11.4. The third kappa shape index (κ3) is 5.78. The number of nitrogens with one attached hydrogen (secondary N) is 2. The lowest BCUT2D eigenvalue weighted by atomic mass is 10.1. The predicted octanol–water partition coefficient (Wildman–Crippen LogP) is 3.18. The molecule has 2 N–H and O–H groups in total. The molecule has 2 rings (SSSR count). The number of hydrogen-bond donors (Lipinski definition) is 2. The lowest BCUT2D eigenvalue weighted by molar-refractivity contribution is 0.676. The maximum absolute atomic E-state index is 5.94. The van der Waals surface area contributed by atoms with Crippen molar-refractivity contribution >= 4 is 47.5 Å². The van der Waals surface area contributed by atoms with Crippen LogP contribution in [-0.2, 0) is 13.6 Å². The Kier molecular flexibility index (Phi) is 8.51. The molecule has 0 spiro atoms. The zero-order chi connectivity index (χ0) is 17.7. The predicted molar refractivity (Wildman–Crippen MR) is 116 cm³/mol. The Morgan fingerprint density at radius 2 is 1.96 bits per heavy atom. The summed E-state index contributed by atoms with van der Waals surface area (Å²) in [5.41, 5.74) is 2.23. The number of aromatic nitrogens is 2. The van der Waals surface area contributed by atoms with Crippen LogP contribution in [0.15, 0.2) is 35.5 Å². The fraction of sp³-hybridized carbons (Fsp3) is 0.412. The second-order valence-corrected chi connectivity index (χ2v) is 6.28. The van der Waals surface area contributed by atoms with Gasteiger partial charge in [0.05, 0.1) is 24.5 Å². The van der Waals surface area contributed by atoms with Gasteiger partial charge in [-0.05, 0) is 24.6 Å². The Morgan fingerprint density at radius 3 is 2.48 bits per heavy atom. The van der Waals surface area contributed by atoms with E-state index in [2.05, 4.69) is 32.1 Å². The Labute approximate surface area is 171 Å². The van der Waals surface area contributed by atoms with Crippen molar-refractivity contribution < 1.29 is 0 Å². The zero-order valence-corrected chi connectivity index (χ0v) is 18.3.